The first-order chi connectivity index (χ1) is 13.6. The van der Waals surface area contributed by atoms with E-state index in [1.165, 1.54) is 23.6 Å². The number of hydrogen-bond donors (Lipinski definition) is 0. The van der Waals surface area contributed by atoms with Crippen molar-refractivity contribution in [3.8, 4) is 21.1 Å². The number of furan rings is 1. The van der Waals surface area contributed by atoms with Gasteiger partial charge in [0.05, 0.1) is 40.1 Å². The van der Waals surface area contributed by atoms with Crippen molar-refractivity contribution in [3.05, 3.63) is 72.8 Å². The fourth-order valence-electron chi connectivity index (χ4n) is 2.87. The van der Waals surface area contributed by atoms with Gasteiger partial charge in [-0.3, -0.25) is 9.98 Å². The second kappa shape index (κ2) is 7.28. The van der Waals surface area contributed by atoms with Crippen molar-refractivity contribution in [2.45, 2.75) is 6.92 Å². The van der Waals surface area contributed by atoms with Crippen LogP contribution in [0.15, 0.2) is 65.0 Å². The fourth-order valence-corrected chi connectivity index (χ4v) is 3.92. The highest BCUT2D eigenvalue weighted by Crippen LogP contribution is 2.38. The zero-order chi connectivity index (χ0) is 19.7. The lowest BCUT2D eigenvalue weighted by Crippen LogP contribution is -1.92. The first-order valence-corrected chi connectivity index (χ1v) is 9.19. The second-order valence-corrected chi connectivity index (χ2v) is 6.96. The van der Waals surface area contributed by atoms with Crippen LogP contribution in [0.1, 0.15) is 11.4 Å². The third-order valence-electron chi connectivity index (χ3n) is 4.12. The molecule has 5 nitrogen and oxygen atoms in total. The molecule has 4 rings (SSSR count). The monoisotopic (exact) mass is 390 g/mol. The summed E-state index contributed by atoms with van der Waals surface area (Å²) in [6.45, 7) is 9.21. The molecule has 28 heavy (non-hydrogen) atoms. The van der Waals surface area contributed by atoms with Crippen molar-refractivity contribution >= 4 is 34.7 Å². The largest absolute Gasteiger partial charge is 0.464 e. The molecule has 0 aliphatic carbocycles. The first kappa shape index (κ1) is 17.9. The van der Waals surface area contributed by atoms with Crippen molar-refractivity contribution < 1.29 is 8.81 Å². The molecule has 0 radical (unpaired) electrons. The molecule has 0 aromatic carbocycles. The molecule has 0 unspecified atom stereocenters. The molecule has 0 saturated carbocycles. The number of aliphatic imine (C=N–C) groups is 1. The minimum absolute atomic E-state index is 0.402. The molecule has 138 valence electrons. The van der Waals surface area contributed by atoms with Crippen LogP contribution in [0.5, 0.6) is 0 Å². The van der Waals surface area contributed by atoms with E-state index >= 15 is 0 Å². The van der Waals surface area contributed by atoms with E-state index in [4.69, 9.17) is 9.40 Å². The molecule has 4 aromatic heterocycles. The van der Waals surface area contributed by atoms with Gasteiger partial charge in [-0.2, -0.15) is 0 Å². The molecule has 0 N–H and O–H groups in total. The van der Waals surface area contributed by atoms with Crippen LogP contribution in [0, 0.1) is 12.7 Å². The summed E-state index contributed by atoms with van der Waals surface area (Å²) in [6.07, 6.45) is 7.74. The number of fused-ring (bicyclic) bond motifs is 1. The van der Waals surface area contributed by atoms with Gasteiger partial charge in [-0.15, -0.1) is 11.3 Å². The van der Waals surface area contributed by atoms with Crippen LogP contribution in [0.4, 0.5) is 4.39 Å². The zero-order valence-electron chi connectivity index (χ0n) is 15.0. The number of thiazole rings is 1. The molecule has 4 heterocycles. The number of nitrogens with zero attached hydrogens (tertiary/aromatic N) is 4. The van der Waals surface area contributed by atoms with Crippen molar-refractivity contribution in [1.29, 1.82) is 0 Å². The third kappa shape index (κ3) is 3.16. The van der Waals surface area contributed by atoms with E-state index in [0.29, 0.717) is 27.5 Å². The van der Waals surface area contributed by atoms with Gasteiger partial charge in [0.1, 0.15) is 16.4 Å². The number of rotatable bonds is 5. The van der Waals surface area contributed by atoms with Crippen LogP contribution in [-0.4, -0.2) is 21.7 Å². The molecule has 0 aliphatic heterocycles. The van der Waals surface area contributed by atoms with E-state index in [9.17, 15) is 4.39 Å². The summed E-state index contributed by atoms with van der Waals surface area (Å²) in [4.78, 5) is 18.2. The second-order valence-electron chi connectivity index (χ2n) is 5.96. The lowest BCUT2D eigenvalue weighted by molar-refractivity contribution is 0.615. The molecule has 0 amide bonds. The SMILES string of the molecule is C=C/C=C(\N=C)c1cc2occc2c(-c2sc(-c3cncc(F)c3)nc2C)n1. The van der Waals surface area contributed by atoms with E-state index in [1.54, 1.807) is 24.6 Å². The predicted octanol–water partition coefficient (Wildman–Crippen LogP) is 5.69. The van der Waals surface area contributed by atoms with Crippen LogP contribution >= 0.6 is 11.3 Å². The number of allylic oxidation sites excluding steroid dienone is 2. The van der Waals surface area contributed by atoms with Crippen molar-refractivity contribution in [2.24, 2.45) is 4.99 Å². The van der Waals surface area contributed by atoms with Gasteiger partial charge in [-0.05, 0) is 31.9 Å². The number of halogens is 1. The lowest BCUT2D eigenvalue weighted by atomic mass is 10.1. The highest BCUT2D eigenvalue weighted by Gasteiger charge is 2.18. The van der Waals surface area contributed by atoms with Crippen molar-refractivity contribution in [2.75, 3.05) is 0 Å². The van der Waals surface area contributed by atoms with Gasteiger partial charge in [0.2, 0.25) is 0 Å². The quantitative estimate of drug-likeness (QED) is 0.324. The normalized spacial score (nSPS) is 11.7. The first-order valence-electron chi connectivity index (χ1n) is 8.37. The summed E-state index contributed by atoms with van der Waals surface area (Å²) >= 11 is 1.43. The summed E-state index contributed by atoms with van der Waals surface area (Å²) in [5, 5.41) is 1.54. The van der Waals surface area contributed by atoms with E-state index < -0.39 is 5.82 Å². The average Bonchev–Trinajstić information content (AvgIpc) is 3.32. The maximum absolute atomic E-state index is 13.6. The lowest BCUT2D eigenvalue weighted by Gasteiger charge is -2.05. The molecule has 0 saturated heterocycles. The molecule has 0 spiro atoms. The van der Waals surface area contributed by atoms with Crippen LogP contribution in [-0.2, 0) is 0 Å². The van der Waals surface area contributed by atoms with E-state index in [-0.39, 0.29) is 0 Å². The summed E-state index contributed by atoms with van der Waals surface area (Å²) in [7, 11) is 0. The highest BCUT2D eigenvalue weighted by molar-refractivity contribution is 7.18. The molecule has 0 atom stereocenters. The fraction of sp³-hybridized carbons (Fsp3) is 0.0476. The number of hydrogen-bond acceptors (Lipinski definition) is 6. The Balaban J connectivity index is 1.92. The van der Waals surface area contributed by atoms with Crippen LogP contribution in [0.3, 0.4) is 0 Å². The predicted molar refractivity (Wildman–Crippen MR) is 111 cm³/mol. The molecular weight excluding hydrogens is 375 g/mol. The number of aromatic nitrogens is 3. The zero-order valence-corrected chi connectivity index (χ0v) is 15.8. The van der Waals surface area contributed by atoms with Crippen molar-refractivity contribution in [3.63, 3.8) is 0 Å². The summed E-state index contributed by atoms with van der Waals surface area (Å²) in [6, 6.07) is 5.10. The van der Waals surface area contributed by atoms with E-state index in [0.717, 1.165) is 21.7 Å². The Hall–Kier alpha value is -3.45. The molecule has 7 heteroatoms. The van der Waals surface area contributed by atoms with Gasteiger partial charge in [-0.25, -0.2) is 14.4 Å². The maximum Gasteiger partial charge on any atom is 0.142 e. The Morgan fingerprint density at radius 1 is 1.29 bits per heavy atom. The van der Waals surface area contributed by atoms with Gasteiger partial charge in [-0.1, -0.05) is 12.7 Å². The Morgan fingerprint density at radius 3 is 2.89 bits per heavy atom. The molecule has 0 fully saturated rings. The maximum atomic E-state index is 13.6. The van der Waals surface area contributed by atoms with Gasteiger partial charge in [0.25, 0.3) is 0 Å². The van der Waals surface area contributed by atoms with Gasteiger partial charge in [0.15, 0.2) is 0 Å². The average molecular weight is 390 g/mol. The number of pyridine rings is 2. The smallest absolute Gasteiger partial charge is 0.142 e. The number of aryl methyl sites for hydroxylation is 1. The van der Waals surface area contributed by atoms with Crippen LogP contribution < -0.4 is 0 Å². The Bertz CT molecular complexity index is 1240. The molecular formula is C21H15FN4OS. The Kier molecular flexibility index (Phi) is 4.67. The summed E-state index contributed by atoms with van der Waals surface area (Å²) < 4.78 is 19.2. The minimum atomic E-state index is -0.402. The molecule has 0 bridgehead atoms. The summed E-state index contributed by atoms with van der Waals surface area (Å²) in [5.74, 6) is -0.402. The van der Waals surface area contributed by atoms with Crippen LogP contribution in [0.2, 0.25) is 0 Å². The molecule has 0 aliphatic rings. The summed E-state index contributed by atoms with van der Waals surface area (Å²) in [5.41, 5.74) is 4.03. The van der Waals surface area contributed by atoms with Gasteiger partial charge < -0.3 is 4.42 Å². The van der Waals surface area contributed by atoms with Crippen LogP contribution in [0.25, 0.3) is 37.8 Å². The molecule has 4 aromatic rings. The topological polar surface area (TPSA) is 64.2 Å². The Labute approximate surface area is 164 Å². The minimum Gasteiger partial charge on any atom is -0.464 e. The standard InChI is InChI=1S/C21H15FN4OS/c1-4-5-16(23-3)17-9-18-15(6-7-27-18)19(26-17)20-12(2)25-21(28-20)13-8-14(22)11-24-10-13/h4-11H,1,3H2,2H3/b16-5-. The van der Waals surface area contributed by atoms with E-state index in [2.05, 4.69) is 28.3 Å². The highest BCUT2D eigenvalue weighted by atomic mass is 32.1. The third-order valence-corrected chi connectivity index (χ3v) is 5.34. The van der Waals surface area contributed by atoms with Crippen molar-refractivity contribution in [1.82, 2.24) is 15.0 Å². The van der Waals surface area contributed by atoms with Gasteiger partial charge in [0, 0.05) is 23.2 Å². The van der Waals surface area contributed by atoms with E-state index in [1.807, 2.05) is 19.1 Å². The Morgan fingerprint density at radius 2 is 2.14 bits per heavy atom. The van der Waals surface area contributed by atoms with Gasteiger partial charge >= 0.3 is 0 Å².